The molecule has 1 aromatic rings. The number of carbonyl (C=O) groups excluding carboxylic acids is 1. The van der Waals surface area contributed by atoms with Crippen molar-refractivity contribution in [1.82, 2.24) is 4.90 Å². The van der Waals surface area contributed by atoms with E-state index in [-0.39, 0.29) is 11.3 Å². The predicted molar refractivity (Wildman–Crippen MR) is 77.2 cm³/mol. The summed E-state index contributed by atoms with van der Waals surface area (Å²) in [7, 11) is 1.52. The van der Waals surface area contributed by atoms with E-state index in [9.17, 15) is 4.79 Å². The Bertz CT molecular complexity index is 662. The van der Waals surface area contributed by atoms with Crippen molar-refractivity contribution in [2.45, 2.75) is 19.9 Å². The number of rotatable bonds is 4. The van der Waals surface area contributed by atoms with Crippen LogP contribution in [0.3, 0.4) is 0 Å². The topological polar surface area (TPSA) is 29.5 Å². The smallest absolute Gasteiger partial charge is 0.410 e. The highest BCUT2D eigenvalue weighted by atomic mass is 16.6. The monoisotopic (exact) mass is 274 g/mol. The molecule has 0 aliphatic carbocycles. The lowest BCUT2D eigenvalue weighted by Crippen LogP contribution is -2.37. The van der Waals surface area contributed by atoms with Crippen LogP contribution in [0, 0.1) is 0 Å². The zero-order chi connectivity index (χ0) is 22.1. The van der Waals surface area contributed by atoms with Crippen molar-refractivity contribution in [1.29, 1.82) is 0 Å². The highest BCUT2D eigenvalue weighted by molar-refractivity contribution is 5.70. The van der Waals surface area contributed by atoms with Gasteiger partial charge in [-0.25, -0.2) is 4.79 Å². The minimum Gasteiger partial charge on any atom is -0.410 e. The van der Waals surface area contributed by atoms with Gasteiger partial charge in [-0.05, 0) is 26.0 Å². The molecule has 0 aliphatic rings. The van der Waals surface area contributed by atoms with Gasteiger partial charge in [0.05, 0.1) is 33.3 Å². The summed E-state index contributed by atoms with van der Waals surface area (Å²) in [6, 6.07) is 4.08. The maximum Gasteiger partial charge on any atom is 0.414 e. The zero-order valence-electron chi connectivity index (χ0n) is 20.3. The summed E-state index contributed by atoms with van der Waals surface area (Å²) in [5.41, 5.74) is 0.104. The summed E-state index contributed by atoms with van der Waals surface area (Å²) >= 11 is 0. The normalized spacial score (nSPS) is 21.9. The average molecular weight is 274 g/mol. The number of amides is 1. The first kappa shape index (κ1) is 6.75. The van der Waals surface area contributed by atoms with Crippen molar-refractivity contribution in [3.63, 3.8) is 0 Å². The summed E-state index contributed by atoms with van der Waals surface area (Å²) in [6.07, 6.45) is -0.657. The molecule has 0 bridgehead atoms. The molecule has 0 heterocycles. The van der Waals surface area contributed by atoms with Crippen LogP contribution in [0.25, 0.3) is 0 Å². The molecule has 0 radical (unpaired) electrons. The highest BCUT2D eigenvalue weighted by Crippen LogP contribution is 2.25. The van der Waals surface area contributed by atoms with Crippen molar-refractivity contribution >= 4 is 6.09 Å². The van der Waals surface area contributed by atoms with Crippen molar-refractivity contribution in [2.24, 2.45) is 0 Å². The zero-order valence-corrected chi connectivity index (χ0v) is 11.3. The second-order valence-electron chi connectivity index (χ2n) is 4.35. The van der Waals surface area contributed by atoms with Gasteiger partial charge in [-0.3, -0.25) is 0 Å². The number of nitrogens with zero attached hydrogens (tertiary/aromatic N) is 2. The van der Waals surface area contributed by atoms with Gasteiger partial charge in [-0.15, -0.1) is 0 Å². The second kappa shape index (κ2) is 6.06. The Balaban J connectivity index is 3.52. The number of quaternary nitrogens is 1. The summed E-state index contributed by atoms with van der Waals surface area (Å²) < 4.78 is 73.0. The molecular weight excluding hydrogens is 240 g/mol. The fourth-order valence-electron chi connectivity index (χ4n) is 1.37. The lowest BCUT2D eigenvalue weighted by molar-refractivity contribution is -0.900. The molecule has 1 amide bonds. The molecule has 0 aliphatic heterocycles. The maximum absolute atomic E-state index is 11.9. The molecular formula is C15H25N2O2+. The van der Waals surface area contributed by atoms with Crippen molar-refractivity contribution < 1.29 is 26.4 Å². The standard InChI is InChI=1S/C15H25N2O2/c1-7-16(3)15(18)19-14-10-8-9-13(11-14)12(2)17(4,5)6/h8-12H,7H2,1-6H3/q+1/t12-/m0/s1/i4D3,5D3,6D3. The van der Waals surface area contributed by atoms with Crippen LogP contribution in [0.15, 0.2) is 24.3 Å². The van der Waals surface area contributed by atoms with E-state index in [1.807, 2.05) is 0 Å². The van der Waals surface area contributed by atoms with Gasteiger partial charge in [0.2, 0.25) is 0 Å². The van der Waals surface area contributed by atoms with Crippen LogP contribution >= 0.6 is 0 Å². The number of hydrogen-bond donors (Lipinski definition) is 0. The maximum atomic E-state index is 11.9. The molecule has 1 atom stereocenters. The average Bonchev–Trinajstić information content (AvgIpc) is 2.50. The molecule has 0 aromatic heterocycles. The van der Waals surface area contributed by atoms with E-state index in [1.165, 1.54) is 43.1 Å². The molecule has 1 rings (SSSR count). The third-order valence-electron chi connectivity index (χ3n) is 2.91. The van der Waals surface area contributed by atoms with E-state index in [0.717, 1.165) is 0 Å². The molecule has 0 unspecified atom stereocenters. The van der Waals surface area contributed by atoms with Gasteiger partial charge in [-0.2, -0.15) is 0 Å². The van der Waals surface area contributed by atoms with Crippen LogP contribution in [-0.4, -0.2) is 50.0 Å². The first-order chi connectivity index (χ1) is 12.5. The predicted octanol–water partition coefficient (Wildman–Crippen LogP) is 2.90. The molecule has 0 saturated heterocycles. The van der Waals surface area contributed by atoms with Crippen LogP contribution in [0.1, 0.15) is 37.8 Å². The van der Waals surface area contributed by atoms with Gasteiger partial charge < -0.3 is 14.1 Å². The first-order valence-electron chi connectivity index (χ1n) is 10.4. The van der Waals surface area contributed by atoms with Crippen LogP contribution in [0.4, 0.5) is 4.79 Å². The van der Waals surface area contributed by atoms with Gasteiger partial charge in [0.15, 0.2) is 0 Å². The molecule has 0 spiro atoms. The van der Waals surface area contributed by atoms with E-state index < -0.39 is 37.5 Å². The summed E-state index contributed by atoms with van der Waals surface area (Å²) in [5, 5.41) is 0. The van der Waals surface area contributed by atoms with Crippen molar-refractivity contribution in [3.8, 4) is 5.75 Å². The Hall–Kier alpha value is -1.55. The van der Waals surface area contributed by atoms with Crippen LogP contribution < -0.4 is 4.74 Å². The van der Waals surface area contributed by atoms with Crippen LogP contribution in [-0.2, 0) is 0 Å². The molecule has 0 saturated carbocycles. The highest BCUT2D eigenvalue weighted by Gasteiger charge is 2.21. The Kier molecular flexibility index (Phi) is 2.15. The van der Waals surface area contributed by atoms with E-state index in [1.54, 1.807) is 6.92 Å². The molecule has 0 fully saturated rings. The first-order valence-corrected chi connectivity index (χ1v) is 5.92. The fraction of sp³-hybridized carbons (Fsp3) is 0.533. The van der Waals surface area contributed by atoms with Gasteiger partial charge in [0, 0.05) is 19.2 Å². The van der Waals surface area contributed by atoms with E-state index in [2.05, 4.69) is 0 Å². The lowest BCUT2D eigenvalue weighted by atomic mass is 10.1. The summed E-state index contributed by atoms with van der Waals surface area (Å²) in [4.78, 5) is 13.2. The van der Waals surface area contributed by atoms with E-state index in [0.29, 0.717) is 6.54 Å². The molecule has 106 valence electrons. The molecule has 19 heavy (non-hydrogen) atoms. The Morgan fingerprint density at radius 1 is 1.47 bits per heavy atom. The summed E-state index contributed by atoms with van der Waals surface area (Å²) in [6.45, 7) is -6.74. The minimum absolute atomic E-state index is 0.0503. The molecule has 4 nitrogen and oxygen atoms in total. The third kappa shape index (κ3) is 4.24. The lowest BCUT2D eigenvalue weighted by Gasteiger charge is -2.32. The number of ether oxygens (including phenoxy) is 1. The summed E-state index contributed by atoms with van der Waals surface area (Å²) in [5.74, 6) is 0.0503. The van der Waals surface area contributed by atoms with Crippen LogP contribution in [0.2, 0.25) is 0 Å². The molecule has 1 aromatic carbocycles. The van der Waals surface area contributed by atoms with Gasteiger partial charge in [0.25, 0.3) is 0 Å². The van der Waals surface area contributed by atoms with Gasteiger partial charge in [0.1, 0.15) is 11.8 Å². The molecule has 0 N–H and O–H groups in total. The van der Waals surface area contributed by atoms with Gasteiger partial charge >= 0.3 is 6.09 Å². The quantitative estimate of drug-likeness (QED) is 0.790. The van der Waals surface area contributed by atoms with E-state index in [4.69, 9.17) is 17.1 Å². The SMILES string of the molecule is [2H]C([2H])([2H])[N+]([C@@H](C)c1cccc(OC(=O)N(C)CC)c1)(C([2H])([2H])[2H])C([2H])([2H])[2H]. The fourth-order valence-corrected chi connectivity index (χ4v) is 1.37. The molecule has 4 heteroatoms. The third-order valence-corrected chi connectivity index (χ3v) is 2.91. The number of hydrogen-bond acceptors (Lipinski definition) is 2. The number of carbonyl (C=O) groups is 1. The number of benzene rings is 1. The largest absolute Gasteiger partial charge is 0.414 e. The Morgan fingerprint density at radius 2 is 2.16 bits per heavy atom. The van der Waals surface area contributed by atoms with Crippen LogP contribution in [0.5, 0.6) is 5.75 Å². The minimum atomic E-state index is -3.37. The Labute approximate surface area is 128 Å². The van der Waals surface area contributed by atoms with Crippen molar-refractivity contribution in [2.75, 3.05) is 34.5 Å². The van der Waals surface area contributed by atoms with Gasteiger partial charge in [-0.1, -0.05) is 12.1 Å². The van der Waals surface area contributed by atoms with Crippen molar-refractivity contribution in [3.05, 3.63) is 29.8 Å². The van der Waals surface area contributed by atoms with E-state index >= 15 is 0 Å². The second-order valence-corrected chi connectivity index (χ2v) is 4.35. The Morgan fingerprint density at radius 3 is 2.74 bits per heavy atom.